The van der Waals surface area contributed by atoms with Crippen molar-refractivity contribution in [3.8, 4) is 0 Å². The summed E-state index contributed by atoms with van der Waals surface area (Å²) in [5.41, 5.74) is 1.74. The Hall–Kier alpha value is -3.18. The van der Waals surface area contributed by atoms with Crippen molar-refractivity contribution in [2.24, 2.45) is 0 Å². The predicted octanol–water partition coefficient (Wildman–Crippen LogP) is 4.17. The second-order valence-corrected chi connectivity index (χ2v) is 8.01. The molecular formula is C22H16O4S. The highest BCUT2D eigenvalue weighted by atomic mass is 32.2. The summed E-state index contributed by atoms with van der Waals surface area (Å²) < 4.78 is 32.0. The topological polar surface area (TPSA) is 60.4 Å². The van der Waals surface area contributed by atoms with Gasteiger partial charge in [-0.2, -0.15) is 0 Å². The molecule has 0 aromatic heterocycles. The average Bonchev–Trinajstić information content (AvgIpc) is 3.08. The number of esters is 1. The fraction of sp³-hybridized carbons (Fsp3) is 0.0455. The van der Waals surface area contributed by atoms with E-state index in [9.17, 15) is 13.2 Å². The Morgan fingerprint density at radius 3 is 1.81 bits per heavy atom. The highest BCUT2D eigenvalue weighted by molar-refractivity contribution is 7.96. The van der Waals surface area contributed by atoms with Gasteiger partial charge in [-0.1, -0.05) is 78.9 Å². The highest BCUT2D eigenvalue weighted by Gasteiger charge is 2.43. The molecule has 4 nitrogen and oxygen atoms in total. The molecule has 0 amide bonds. The van der Waals surface area contributed by atoms with Crippen molar-refractivity contribution < 1.29 is 17.9 Å². The first kappa shape index (κ1) is 17.2. The predicted molar refractivity (Wildman–Crippen MR) is 102 cm³/mol. The molecular weight excluding hydrogens is 360 g/mol. The lowest BCUT2D eigenvalue weighted by atomic mass is 9.96. The number of sulfone groups is 1. The first-order valence-electron chi connectivity index (χ1n) is 8.44. The number of cyclic esters (lactones) is 1. The second-order valence-electron chi connectivity index (χ2n) is 6.12. The van der Waals surface area contributed by atoms with Crippen LogP contribution in [0.25, 0.3) is 5.57 Å². The van der Waals surface area contributed by atoms with Crippen LogP contribution < -0.4 is 0 Å². The van der Waals surface area contributed by atoms with Crippen LogP contribution in [0.4, 0.5) is 0 Å². The van der Waals surface area contributed by atoms with Gasteiger partial charge in [0.25, 0.3) is 0 Å². The molecule has 0 N–H and O–H groups in total. The van der Waals surface area contributed by atoms with Gasteiger partial charge < -0.3 is 4.74 Å². The molecule has 27 heavy (non-hydrogen) atoms. The van der Waals surface area contributed by atoms with Crippen LogP contribution in [0.15, 0.2) is 101 Å². The van der Waals surface area contributed by atoms with Gasteiger partial charge in [0.1, 0.15) is 0 Å². The molecule has 1 unspecified atom stereocenters. The summed E-state index contributed by atoms with van der Waals surface area (Å²) in [6, 6.07) is 26.1. The van der Waals surface area contributed by atoms with E-state index in [0.717, 1.165) is 5.56 Å². The summed E-state index contributed by atoms with van der Waals surface area (Å²) in [6.07, 6.45) is -0.769. The molecule has 0 bridgehead atoms. The third kappa shape index (κ3) is 3.06. The third-order valence-electron chi connectivity index (χ3n) is 4.43. The molecule has 134 valence electrons. The molecule has 0 fully saturated rings. The van der Waals surface area contributed by atoms with Gasteiger partial charge in [0.2, 0.25) is 9.84 Å². The van der Waals surface area contributed by atoms with E-state index >= 15 is 0 Å². The minimum Gasteiger partial charge on any atom is -0.448 e. The van der Waals surface area contributed by atoms with Crippen molar-refractivity contribution in [3.05, 3.63) is 107 Å². The maximum Gasteiger partial charge on any atom is 0.351 e. The molecule has 4 rings (SSSR count). The fourth-order valence-electron chi connectivity index (χ4n) is 3.18. The van der Waals surface area contributed by atoms with Crippen LogP contribution >= 0.6 is 0 Å². The molecule has 5 heteroatoms. The molecule has 0 saturated carbocycles. The summed E-state index contributed by atoms with van der Waals surface area (Å²) in [5, 5.41) is 0. The number of ether oxygens (including phenoxy) is 1. The summed E-state index contributed by atoms with van der Waals surface area (Å²) in [4.78, 5) is 12.5. The van der Waals surface area contributed by atoms with E-state index in [1.165, 1.54) is 12.1 Å². The van der Waals surface area contributed by atoms with Gasteiger partial charge in [-0.3, -0.25) is 0 Å². The van der Waals surface area contributed by atoms with E-state index in [1.54, 1.807) is 42.5 Å². The maximum absolute atomic E-state index is 13.2. The Morgan fingerprint density at radius 1 is 0.704 bits per heavy atom. The summed E-state index contributed by atoms with van der Waals surface area (Å²) >= 11 is 0. The highest BCUT2D eigenvalue weighted by Crippen LogP contribution is 2.44. The quantitative estimate of drug-likeness (QED) is 0.641. The Kier molecular flexibility index (Phi) is 4.38. The van der Waals surface area contributed by atoms with Crippen molar-refractivity contribution in [1.82, 2.24) is 0 Å². The molecule has 0 saturated heterocycles. The van der Waals surface area contributed by atoms with Crippen LogP contribution in [-0.2, 0) is 19.4 Å². The first-order chi connectivity index (χ1) is 13.1. The molecule has 1 heterocycles. The van der Waals surface area contributed by atoms with Crippen molar-refractivity contribution >= 4 is 21.4 Å². The standard InChI is InChI=1S/C22H16O4S/c23-22-21(27(24,25)18-14-8-3-9-15-18)19(16-10-4-1-5-11-16)20(26-22)17-12-6-2-7-13-17/h1-15,20H. The lowest BCUT2D eigenvalue weighted by Gasteiger charge is -2.15. The SMILES string of the molecule is O=C1OC(c2ccccc2)C(c2ccccc2)=C1S(=O)(=O)c1ccccc1. The maximum atomic E-state index is 13.2. The van der Waals surface area contributed by atoms with Gasteiger partial charge in [-0.05, 0) is 23.3 Å². The summed E-state index contributed by atoms with van der Waals surface area (Å²) in [7, 11) is -4.02. The number of hydrogen-bond donors (Lipinski definition) is 0. The molecule has 1 atom stereocenters. The van der Waals surface area contributed by atoms with Gasteiger partial charge >= 0.3 is 5.97 Å². The van der Waals surface area contributed by atoms with Crippen LogP contribution in [0, 0.1) is 0 Å². The van der Waals surface area contributed by atoms with Gasteiger partial charge in [0.15, 0.2) is 11.0 Å². The fourth-order valence-corrected chi connectivity index (χ4v) is 4.72. The van der Waals surface area contributed by atoms with Crippen molar-refractivity contribution in [3.63, 3.8) is 0 Å². The van der Waals surface area contributed by atoms with Gasteiger partial charge in [-0.25, -0.2) is 13.2 Å². The van der Waals surface area contributed by atoms with Crippen LogP contribution in [0.5, 0.6) is 0 Å². The molecule has 1 aliphatic heterocycles. The summed E-state index contributed by atoms with van der Waals surface area (Å²) in [5.74, 6) is -0.827. The van der Waals surface area contributed by atoms with E-state index in [-0.39, 0.29) is 9.80 Å². The Labute approximate surface area is 157 Å². The Balaban J connectivity index is 1.98. The van der Waals surface area contributed by atoms with Gasteiger partial charge in [-0.15, -0.1) is 0 Å². The minimum atomic E-state index is -4.02. The zero-order valence-electron chi connectivity index (χ0n) is 14.3. The third-order valence-corrected chi connectivity index (χ3v) is 6.24. The molecule has 0 aliphatic carbocycles. The van der Waals surface area contributed by atoms with E-state index in [0.29, 0.717) is 11.1 Å². The Morgan fingerprint density at radius 2 is 1.22 bits per heavy atom. The Bertz CT molecular complexity index is 1100. The van der Waals surface area contributed by atoms with E-state index in [4.69, 9.17) is 4.74 Å². The van der Waals surface area contributed by atoms with E-state index in [2.05, 4.69) is 0 Å². The lowest BCUT2D eigenvalue weighted by Crippen LogP contribution is -2.12. The van der Waals surface area contributed by atoms with Gasteiger partial charge in [0.05, 0.1) is 4.90 Å². The average molecular weight is 376 g/mol. The molecule has 3 aromatic carbocycles. The normalized spacial score (nSPS) is 17.0. The van der Waals surface area contributed by atoms with Crippen LogP contribution in [0.1, 0.15) is 17.2 Å². The van der Waals surface area contributed by atoms with E-state index < -0.39 is 21.9 Å². The zero-order valence-corrected chi connectivity index (χ0v) is 15.1. The van der Waals surface area contributed by atoms with Crippen molar-refractivity contribution in [2.45, 2.75) is 11.0 Å². The molecule has 0 radical (unpaired) electrons. The number of benzene rings is 3. The molecule has 0 spiro atoms. The first-order valence-corrected chi connectivity index (χ1v) is 9.93. The smallest absolute Gasteiger partial charge is 0.351 e. The number of carbonyl (C=O) groups is 1. The molecule has 3 aromatic rings. The second kappa shape index (κ2) is 6.85. The van der Waals surface area contributed by atoms with E-state index in [1.807, 2.05) is 36.4 Å². The number of carbonyl (C=O) groups excluding carboxylic acids is 1. The van der Waals surface area contributed by atoms with Crippen molar-refractivity contribution in [2.75, 3.05) is 0 Å². The van der Waals surface area contributed by atoms with Crippen LogP contribution in [0.2, 0.25) is 0 Å². The van der Waals surface area contributed by atoms with Gasteiger partial charge in [0, 0.05) is 5.57 Å². The van der Waals surface area contributed by atoms with Crippen LogP contribution in [0.3, 0.4) is 0 Å². The minimum absolute atomic E-state index is 0.0686. The number of hydrogen-bond acceptors (Lipinski definition) is 4. The van der Waals surface area contributed by atoms with Crippen molar-refractivity contribution in [1.29, 1.82) is 0 Å². The molecule has 1 aliphatic rings. The zero-order chi connectivity index (χ0) is 18.9. The number of rotatable bonds is 4. The largest absolute Gasteiger partial charge is 0.448 e. The van der Waals surface area contributed by atoms with Crippen LogP contribution in [-0.4, -0.2) is 14.4 Å². The monoisotopic (exact) mass is 376 g/mol. The lowest BCUT2D eigenvalue weighted by molar-refractivity contribution is -0.139. The summed E-state index contributed by atoms with van der Waals surface area (Å²) in [6.45, 7) is 0.